The zero-order valence-corrected chi connectivity index (χ0v) is 13.1. The molecule has 0 saturated heterocycles. The molecule has 1 aromatic rings. The molecule has 21 heavy (non-hydrogen) atoms. The quantitative estimate of drug-likeness (QED) is 0.837. The molecule has 1 N–H and O–H groups in total. The van der Waals surface area contributed by atoms with Crippen molar-refractivity contribution in [1.82, 2.24) is 5.32 Å². The molecule has 1 atom stereocenters. The summed E-state index contributed by atoms with van der Waals surface area (Å²) in [7, 11) is 4.89. The molecule has 1 unspecified atom stereocenters. The largest absolute Gasteiger partial charge is 0.496 e. The van der Waals surface area contributed by atoms with Crippen LogP contribution in [-0.4, -0.2) is 34.5 Å². The van der Waals surface area contributed by atoms with Crippen LogP contribution in [0.4, 0.5) is 0 Å². The molecule has 0 amide bonds. The van der Waals surface area contributed by atoms with Crippen molar-refractivity contribution in [1.29, 1.82) is 0 Å². The van der Waals surface area contributed by atoms with Crippen molar-refractivity contribution in [2.45, 2.75) is 19.4 Å². The molecular formula is C16H23NO4. The van der Waals surface area contributed by atoms with Crippen molar-refractivity contribution < 1.29 is 18.9 Å². The van der Waals surface area contributed by atoms with Crippen LogP contribution in [0.25, 0.3) is 0 Å². The predicted octanol–water partition coefficient (Wildman–Crippen LogP) is 2.67. The summed E-state index contributed by atoms with van der Waals surface area (Å²) in [6.45, 7) is 3.62. The Balaban J connectivity index is 2.47. The van der Waals surface area contributed by atoms with E-state index in [4.69, 9.17) is 18.9 Å². The van der Waals surface area contributed by atoms with Gasteiger partial charge in [-0.1, -0.05) is 6.92 Å². The number of hydrogen-bond acceptors (Lipinski definition) is 5. The Kier molecular flexibility index (Phi) is 5.33. The van der Waals surface area contributed by atoms with Gasteiger partial charge >= 0.3 is 0 Å². The van der Waals surface area contributed by atoms with Crippen molar-refractivity contribution in [3.8, 4) is 17.2 Å². The van der Waals surface area contributed by atoms with Crippen LogP contribution in [0.3, 0.4) is 0 Å². The Morgan fingerprint density at radius 3 is 2.29 bits per heavy atom. The monoisotopic (exact) mass is 293 g/mol. The smallest absolute Gasteiger partial charge is 0.164 e. The number of benzene rings is 1. The maximum absolute atomic E-state index is 5.72. The minimum atomic E-state index is -0.0488. The Bertz CT molecular complexity index is 513. The van der Waals surface area contributed by atoms with Crippen molar-refractivity contribution >= 4 is 0 Å². The molecule has 1 aliphatic heterocycles. The Morgan fingerprint density at radius 1 is 1.10 bits per heavy atom. The second-order valence-electron chi connectivity index (χ2n) is 4.68. The first kappa shape index (κ1) is 15.5. The van der Waals surface area contributed by atoms with E-state index in [1.54, 1.807) is 21.3 Å². The highest BCUT2D eigenvalue weighted by Gasteiger charge is 2.25. The second-order valence-corrected chi connectivity index (χ2v) is 4.68. The Hall–Kier alpha value is -1.88. The van der Waals surface area contributed by atoms with Crippen molar-refractivity contribution in [2.75, 3.05) is 34.5 Å². The average molecular weight is 293 g/mol. The topological polar surface area (TPSA) is 49.0 Å². The third-order valence-corrected chi connectivity index (χ3v) is 3.47. The molecular weight excluding hydrogens is 270 g/mol. The third kappa shape index (κ3) is 3.24. The van der Waals surface area contributed by atoms with E-state index in [1.165, 1.54) is 0 Å². The molecule has 0 saturated carbocycles. The van der Waals surface area contributed by atoms with Crippen molar-refractivity contribution in [3.05, 3.63) is 29.5 Å². The summed E-state index contributed by atoms with van der Waals surface area (Å²) in [5.74, 6) is 3.00. The van der Waals surface area contributed by atoms with Gasteiger partial charge in [-0.05, 0) is 18.7 Å². The summed E-state index contributed by atoms with van der Waals surface area (Å²) in [5.41, 5.74) is 0.977. The highest BCUT2D eigenvalue weighted by Crippen LogP contribution is 2.40. The summed E-state index contributed by atoms with van der Waals surface area (Å²) < 4.78 is 22.0. The lowest BCUT2D eigenvalue weighted by molar-refractivity contribution is 0.214. The Morgan fingerprint density at radius 2 is 1.76 bits per heavy atom. The van der Waals surface area contributed by atoms with E-state index in [2.05, 4.69) is 18.3 Å². The predicted molar refractivity (Wildman–Crippen MR) is 81.2 cm³/mol. The van der Waals surface area contributed by atoms with Crippen molar-refractivity contribution in [2.24, 2.45) is 0 Å². The molecule has 0 radical (unpaired) electrons. The molecule has 5 heteroatoms. The summed E-state index contributed by atoms with van der Waals surface area (Å²) in [4.78, 5) is 0. The molecule has 0 aromatic heterocycles. The lowest BCUT2D eigenvalue weighted by Gasteiger charge is -2.23. The van der Waals surface area contributed by atoms with Gasteiger partial charge in [0, 0.05) is 18.1 Å². The fraction of sp³-hybridized carbons (Fsp3) is 0.500. The molecule has 1 heterocycles. The van der Waals surface area contributed by atoms with Crippen molar-refractivity contribution in [3.63, 3.8) is 0 Å². The second kappa shape index (κ2) is 7.22. The zero-order valence-electron chi connectivity index (χ0n) is 13.1. The van der Waals surface area contributed by atoms with Crippen LogP contribution in [0, 0.1) is 0 Å². The number of methoxy groups -OCH3 is 3. The summed E-state index contributed by atoms with van der Waals surface area (Å²) >= 11 is 0. The average Bonchev–Trinajstić information content (AvgIpc) is 3.05. The summed E-state index contributed by atoms with van der Waals surface area (Å²) in [5, 5.41) is 3.43. The van der Waals surface area contributed by atoms with Gasteiger partial charge in [-0.15, -0.1) is 0 Å². The minimum Gasteiger partial charge on any atom is -0.496 e. The van der Waals surface area contributed by atoms with Crippen LogP contribution >= 0.6 is 0 Å². The Labute approximate surface area is 125 Å². The van der Waals surface area contributed by atoms with Crippen LogP contribution in [0.1, 0.15) is 24.9 Å². The molecule has 1 aromatic carbocycles. The van der Waals surface area contributed by atoms with E-state index in [0.717, 1.165) is 36.6 Å². The number of likely N-dealkylation sites (N-methyl/N-ethyl adjacent to an activating group) is 1. The SMILES string of the molecule is CCNC(C1=CCCO1)c1cc(OC)c(OC)cc1OC. The summed E-state index contributed by atoms with van der Waals surface area (Å²) in [6.07, 6.45) is 3.05. The molecule has 2 rings (SSSR count). The van der Waals surface area contributed by atoms with Crippen LogP contribution in [0.5, 0.6) is 17.2 Å². The number of nitrogens with one attached hydrogen (secondary N) is 1. The van der Waals surface area contributed by atoms with Gasteiger partial charge in [-0.25, -0.2) is 0 Å². The van der Waals surface area contributed by atoms with Gasteiger partial charge in [0.15, 0.2) is 11.5 Å². The van der Waals surface area contributed by atoms with Gasteiger partial charge in [0.1, 0.15) is 11.5 Å². The van der Waals surface area contributed by atoms with Gasteiger partial charge in [0.2, 0.25) is 0 Å². The molecule has 1 aliphatic rings. The fourth-order valence-electron chi connectivity index (χ4n) is 2.48. The van der Waals surface area contributed by atoms with E-state index < -0.39 is 0 Å². The van der Waals surface area contributed by atoms with Gasteiger partial charge in [-0.2, -0.15) is 0 Å². The number of ether oxygens (including phenoxy) is 4. The first-order chi connectivity index (χ1) is 10.2. The maximum atomic E-state index is 5.72. The number of hydrogen-bond donors (Lipinski definition) is 1. The van der Waals surface area contributed by atoms with Crippen LogP contribution < -0.4 is 19.5 Å². The molecule has 5 nitrogen and oxygen atoms in total. The molecule has 116 valence electrons. The van der Waals surface area contributed by atoms with E-state index >= 15 is 0 Å². The number of rotatable bonds is 7. The van der Waals surface area contributed by atoms with Gasteiger partial charge in [0.25, 0.3) is 0 Å². The molecule has 0 aliphatic carbocycles. The third-order valence-electron chi connectivity index (χ3n) is 3.47. The normalized spacial score (nSPS) is 15.1. The standard InChI is InChI=1S/C16H23NO4/c1-5-17-16(12-7-6-8-21-12)11-9-14(19-3)15(20-4)10-13(11)18-2/h7,9-10,16-17H,5-6,8H2,1-4H3. The molecule has 0 bridgehead atoms. The van der Waals surface area contributed by atoms with Crippen LogP contribution in [-0.2, 0) is 4.74 Å². The molecule has 0 fully saturated rings. The lowest BCUT2D eigenvalue weighted by Crippen LogP contribution is -2.23. The van der Waals surface area contributed by atoms with Gasteiger partial charge in [-0.3, -0.25) is 0 Å². The first-order valence-electron chi connectivity index (χ1n) is 7.11. The highest BCUT2D eigenvalue weighted by atomic mass is 16.5. The van der Waals surface area contributed by atoms with E-state index in [9.17, 15) is 0 Å². The first-order valence-corrected chi connectivity index (χ1v) is 7.11. The van der Waals surface area contributed by atoms with E-state index in [0.29, 0.717) is 11.5 Å². The van der Waals surface area contributed by atoms with Crippen LogP contribution in [0.15, 0.2) is 24.0 Å². The molecule has 0 spiro atoms. The highest BCUT2D eigenvalue weighted by molar-refractivity contribution is 5.53. The summed E-state index contributed by atoms with van der Waals surface area (Å²) in [6, 6.07) is 3.73. The minimum absolute atomic E-state index is 0.0488. The van der Waals surface area contributed by atoms with E-state index in [-0.39, 0.29) is 6.04 Å². The van der Waals surface area contributed by atoms with Gasteiger partial charge in [0.05, 0.1) is 34.0 Å². The fourth-order valence-corrected chi connectivity index (χ4v) is 2.48. The van der Waals surface area contributed by atoms with E-state index in [1.807, 2.05) is 12.1 Å². The lowest BCUT2D eigenvalue weighted by atomic mass is 10.0. The van der Waals surface area contributed by atoms with Crippen LogP contribution in [0.2, 0.25) is 0 Å². The zero-order chi connectivity index (χ0) is 15.2. The maximum Gasteiger partial charge on any atom is 0.164 e. The van der Waals surface area contributed by atoms with Gasteiger partial charge < -0.3 is 24.3 Å².